The summed E-state index contributed by atoms with van der Waals surface area (Å²) in [4.78, 5) is 15.9. The Hall–Kier alpha value is -6.95. The number of aromatic nitrogens is 3. The number of nitrogens with zero attached hydrogens (tertiary/aromatic N) is 3. The van der Waals surface area contributed by atoms with Gasteiger partial charge in [0.15, 0.2) is 17.5 Å². The van der Waals surface area contributed by atoms with Crippen LogP contribution in [0.5, 0.6) is 0 Å². The predicted octanol–water partition coefficient (Wildman–Crippen LogP) is 13.6. The number of fused-ring (bicyclic) bond motifs is 7. The molecule has 11 aromatic rings. The van der Waals surface area contributed by atoms with Crippen LogP contribution in [0.2, 0.25) is 0 Å². The second-order valence-corrected chi connectivity index (χ2v) is 14.6. The van der Waals surface area contributed by atoms with Crippen molar-refractivity contribution in [3.05, 3.63) is 176 Å². The number of hydrogen-bond acceptors (Lipinski definition) is 5. The van der Waals surface area contributed by atoms with Crippen LogP contribution in [0.15, 0.2) is 180 Å². The molecule has 3 aromatic heterocycles. The highest BCUT2D eigenvalue weighted by atomic mass is 32.1. The van der Waals surface area contributed by atoms with Crippen molar-refractivity contribution in [3.8, 4) is 56.4 Å². The van der Waals surface area contributed by atoms with Gasteiger partial charge >= 0.3 is 0 Å². The lowest BCUT2D eigenvalue weighted by Gasteiger charge is -2.12. The third-order valence-electron chi connectivity index (χ3n) is 10.3. The van der Waals surface area contributed by atoms with E-state index < -0.39 is 0 Å². The predicted molar refractivity (Wildman–Crippen MR) is 225 cm³/mol. The fourth-order valence-corrected chi connectivity index (χ4v) is 8.90. The summed E-state index contributed by atoms with van der Waals surface area (Å²) < 4.78 is 8.91. The molecule has 3 heterocycles. The van der Waals surface area contributed by atoms with E-state index in [4.69, 9.17) is 19.4 Å². The standard InChI is InChI=1S/C49H29N3OS/c1-3-12-30(13-4-1)32-22-23-34-27-35(25-24-33(34)26-32)47-50-48(40-19-11-18-38-37-16-8-10-21-44(37)54-46(38)40)52-49(51-47)41-28-36(31-14-5-2-6-15-31)29-43-45(41)39-17-7-9-20-42(39)53-43/h1-29H. The Balaban J connectivity index is 1.17. The van der Waals surface area contributed by atoms with Crippen LogP contribution < -0.4 is 0 Å². The zero-order valence-electron chi connectivity index (χ0n) is 28.9. The normalized spacial score (nSPS) is 11.7. The highest BCUT2D eigenvalue weighted by molar-refractivity contribution is 7.26. The van der Waals surface area contributed by atoms with Gasteiger partial charge in [-0.05, 0) is 75.5 Å². The number of hydrogen-bond donors (Lipinski definition) is 0. The van der Waals surface area contributed by atoms with Crippen molar-refractivity contribution in [1.82, 2.24) is 15.0 Å². The molecule has 0 bridgehead atoms. The van der Waals surface area contributed by atoms with E-state index in [0.29, 0.717) is 17.5 Å². The average molecular weight is 708 g/mol. The summed E-state index contributed by atoms with van der Waals surface area (Å²) in [6.45, 7) is 0. The van der Waals surface area contributed by atoms with Crippen LogP contribution in [-0.4, -0.2) is 15.0 Å². The zero-order chi connectivity index (χ0) is 35.6. The first-order valence-electron chi connectivity index (χ1n) is 18.0. The van der Waals surface area contributed by atoms with Gasteiger partial charge in [0.1, 0.15) is 11.2 Å². The topological polar surface area (TPSA) is 51.8 Å². The summed E-state index contributed by atoms with van der Waals surface area (Å²) in [7, 11) is 0. The Bertz CT molecular complexity index is 3220. The van der Waals surface area contributed by atoms with Crippen molar-refractivity contribution in [2.75, 3.05) is 0 Å². The lowest BCUT2D eigenvalue weighted by Crippen LogP contribution is -2.01. The number of para-hydroxylation sites is 1. The molecule has 0 amide bonds. The number of furan rings is 1. The third-order valence-corrected chi connectivity index (χ3v) is 11.5. The second-order valence-electron chi connectivity index (χ2n) is 13.6. The molecule has 5 heteroatoms. The summed E-state index contributed by atoms with van der Waals surface area (Å²) >= 11 is 1.78. The van der Waals surface area contributed by atoms with Crippen molar-refractivity contribution in [2.45, 2.75) is 0 Å². The summed E-state index contributed by atoms with van der Waals surface area (Å²) in [5.41, 5.74) is 8.94. The summed E-state index contributed by atoms with van der Waals surface area (Å²) in [6.07, 6.45) is 0. The molecular formula is C49H29N3OS. The Morgan fingerprint density at radius 2 is 0.981 bits per heavy atom. The number of rotatable bonds is 5. The fraction of sp³-hybridized carbons (Fsp3) is 0. The fourth-order valence-electron chi connectivity index (χ4n) is 7.69. The first kappa shape index (κ1) is 30.7. The Kier molecular flexibility index (Phi) is 7.00. The second kappa shape index (κ2) is 12.3. The van der Waals surface area contributed by atoms with Gasteiger partial charge in [0, 0.05) is 47.6 Å². The molecule has 0 N–H and O–H groups in total. The van der Waals surface area contributed by atoms with Gasteiger partial charge < -0.3 is 4.42 Å². The molecule has 0 aliphatic carbocycles. The minimum atomic E-state index is 0.599. The molecular weight excluding hydrogens is 679 g/mol. The van der Waals surface area contributed by atoms with Crippen molar-refractivity contribution < 1.29 is 4.42 Å². The highest BCUT2D eigenvalue weighted by Gasteiger charge is 2.21. The monoisotopic (exact) mass is 707 g/mol. The highest BCUT2D eigenvalue weighted by Crippen LogP contribution is 2.42. The molecule has 252 valence electrons. The summed E-state index contributed by atoms with van der Waals surface area (Å²) in [5, 5.41) is 6.73. The van der Waals surface area contributed by atoms with E-state index in [9.17, 15) is 0 Å². The van der Waals surface area contributed by atoms with Gasteiger partial charge in [-0.1, -0.05) is 133 Å². The Morgan fingerprint density at radius 3 is 1.78 bits per heavy atom. The summed E-state index contributed by atoms with van der Waals surface area (Å²) in [6, 6.07) is 61.5. The maximum atomic E-state index is 6.52. The van der Waals surface area contributed by atoms with E-state index in [-0.39, 0.29) is 0 Å². The van der Waals surface area contributed by atoms with Gasteiger partial charge in [-0.3, -0.25) is 0 Å². The largest absolute Gasteiger partial charge is 0.456 e. The molecule has 11 rings (SSSR count). The van der Waals surface area contributed by atoms with Crippen LogP contribution in [0.4, 0.5) is 0 Å². The molecule has 0 fully saturated rings. The maximum Gasteiger partial charge on any atom is 0.165 e. The SMILES string of the molecule is c1ccc(-c2ccc3cc(-c4nc(-c5cccc6c5sc5ccccc56)nc(-c5cc(-c6ccccc6)cc6oc7ccccc7c56)n4)ccc3c2)cc1. The van der Waals surface area contributed by atoms with Gasteiger partial charge in [-0.15, -0.1) is 11.3 Å². The van der Waals surface area contributed by atoms with Gasteiger partial charge in [0.05, 0.1) is 0 Å². The first-order chi connectivity index (χ1) is 26.7. The first-order valence-corrected chi connectivity index (χ1v) is 18.8. The molecule has 0 aliphatic heterocycles. The lowest BCUT2D eigenvalue weighted by molar-refractivity contribution is 0.669. The van der Waals surface area contributed by atoms with Crippen LogP contribution in [0.25, 0.3) is 109 Å². The van der Waals surface area contributed by atoms with Crippen molar-refractivity contribution in [3.63, 3.8) is 0 Å². The van der Waals surface area contributed by atoms with E-state index in [1.807, 2.05) is 24.3 Å². The molecule has 0 aliphatic rings. The van der Waals surface area contributed by atoms with E-state index >= 15 is 0 Å². The van der Waals surface area contributed by atoms with Crippen molar-refractivity contribution in [1.29, 1.82) is 0 Å². The Morgan fingerprint density at radius 1 is 0.370 bits per heavy atom. The maximum absolute atomic E-state index is 6.52. The average Bonchev–Trinajstić information content (AvgIpc) is 3.82. The molecule has 0 spiro atoms. The van der Waals surface area contributed by atoms with Crippen LogP contribution in [0, 0.1) is 0 Å². The molecule has 0 saturated heterocycles. The van der Waals surface area contributed by atoms with Crippen molar-refractivity contribution in [2.24, 2.45) is 0 Å². The number of thiophene rings is 1. The molecule has 0 atom stereocenters. The van der Waals surface area contributed by atoms with Crippen LogP contribution >= 0.6 is 11.3 Å². The molecule has 0 radical (unpaired) electrons. The summed E-state index contributed by atoms with van der Waals surface area (Å²) in [5.74, 6) is 1.85. The van der Waals surface area contributed by atoms with Crippen molar-refractivity contribution >= 4 is 64.2 Å². The minimum Gasteiger partial charge on any atom is -0.456 e. The molecule has 4 nitrogen and oxygen atoms in total. The molecule has 0 unspecified atom stereocenters. The quantitative estimate of drug-likeness (QED) is 0.179. The van der Waals surface area contributed by atoms with E-state index in [0.717, 1.165) is 65.2 Å². The van der Waals surface area contributed by atoms with Crippen LogP contribution in [-0.2, 0) is 0 Å². The van der Waals surface area contributed by atoms with Gasteiger partial charge in [0.25, 0.3) is 0 Å². The molecule has 54 heavy (non-hydrogen) atoms. The van der Waals surface area contributed by atoms with Crippen LogP contribution in [0.3, 0.4) is 0 Å². The third kappa shape index (κ3) is 5.09. The Labute approximate surface area is 314 Å². The molecule has 0 saturated carbocycles. The van der Waals surface area contributed by atoms with E-state index in [1.54, 1.807) is 11.3 Å². The van der Waals surface area contributed by atoms with Crippen LogP contribution in [0.1, 0.15) is 0 Å². The lowest BCUT2D eigenvalue weighted by atomic mass is 9.98. The minimum absolute atomic E-state index is 0.599. The van der Waals surface area contributed by atoms with E-state index in [2.05, 4.69) is 152 Å². The smallest absolute Gasteiger partial charge is 0.165 e. The zero-order valence-corrected chi connectivity index (χ0v) is 29.7. The number of benzene rings is 8. The van der Waals surface area contributed by atoms with Gasteiger partial charge in [-0.25, -0.2) is 15.0 Å². The van der Waals surface area contributed by atoms with E-state index in [1.165, 1.54) is 26.6 Å². The molecule has 8 aromatic carbocycles. The van der Waals surface area contributed by atoms with Gasteiger partial charge in [0.2, 0.25) is 0 Å². The van der Waals surface area contributed by atoms with Gasteiger partial charge in [-0.2, -0.15) is 0 Å².